The van der Waals surface area contributed by atoms with Gasteiger partial charge < -0.3 is 0 Å². The number of hydrogen-bond donors (Lipinski definition) is 0. The molecule has 0 aromatic heterocycles. The lowest BCUT2D eigenvalue weighted by molar-refractivity contribution is -0.463. The summed E-state index contributed by atoms with van der Waals surface area (Å²) >= 11 is 5.78. The van der Waals surface area contributed by atoms with Gasteiger partial charge in [-0.2, -0.15) is 0 Å². The minimum Gasteiger partial charge on any atom is -0.288 e. The van der Waals surface area contributed by atoms with E-state index in [2.05, 4.69) is 4.99 Å². The van der Waals surface area contributed by atoms with E-state index in [9.17, 15) is 10.1 Å². The van der Waals surface area contributed by atoms with Crippen molar-refractivity contribution >= 4 is 17.3 Å². The Morgan fingerprint density at radius 1 is 1.41 bits per heavy atom. The van der Waals surface area contributed by atoms with Gasteiger partial charge in [-0.25, -0.2) is 0 Å². The molecule has 0 atom stereocenters. The second-order valence-electron chi connectivity index (χ2n) is 3.84. The first kappa shape index (κ1) is 13.6. The average Bonchev–Trinajstić information content (AvgIpc) is 2.26. The van der Waals surface area contributed by atoms with Crippen LogP contribution in [0.4, 0.5) is 0 Å². The van der Waals surface area contributed by atoms with Gasteiger partial charge in [-0.15, -0.1) is 0 Å². The van der Waals surface area contributed by atoms with Gasteiger partial charge in [-0.05, 0) is 37.5 Å². The smallest absolute Gasteiger partial charge is 0.241 e. The predicted molar refractivity (Wildman–Crippen MR) is 69.6 cm³/mol. The highest BCUT2D eigenvalue weighted by molar-refractivity contribution is 6.30. The average molecular weight is 255 g/mol. The number of aryl methyl sites for hydroxylation is 1. The van der Waals surface area contributed by atoms with Crippen LogP contribution in [0.1, 0.15) is 18.9 Å². The van der Waals surface area contributed by atoms with Crippen molar-refractivity contribution in [3.05, 3.63) is 45.0 Å². The van der Waals surface area contributed by atoms with Crippen LogP contribution in [0.15, 0.2) is 29.3 Å². The molecule has 0 amide bonds. The molecule has 0 saturated heterocycles. The highest BCUT2D eigenvalue weighted by atomic mass is 35.5. The maximum atomic E-state index is 10.2. The molecule has 0 saturated carbocycles. The molecular formula is C12H15ClN2O2. The van der Waals surface area contributed by atoms with E-state index in [0.29, 0.717) is 12.3 Å². The SMILES string of the molecule is CC(C[N+](=O)[O-])=NCCCc1ccc(Cl)cc1. The lowest BCUT2D eigenvalue weighted by atomic mass is 10.1. The van der Waals surface area contributed by atoms with Crippen molar-refractivity contribution in [3.63, 3.8) is 0 Å². The zero-order chi connectivity index (χ0) is 12.7. The third-order valence-electron chi connectivity index (χ3n) is 2.28. The third-order valence-corrected chi connectivity index (χ3v) is 2.53. The van der Waals surface area contributed by atoms with E-state index >= 15 is 0 Å². The topological polar surface area (TPSA) is 55.5 Å². The van der Waals surface area contributed by atoms with Crippen molar-refractivity contribution in [2.45, 2.75) is 19.8 Å². The van der Waals surface area contributed by atoms with Crippen molar-refractivity contribution in [3.8, 4) is 0 Å². The maximum Gasteiger partial charge on any atom is 0.241 e. The van der Waals surface area contributed by atoms with Crippen LogP contribution in [-0.4, -0.2) is 23.7 Å². The minimum atomic E-state index is -0.363. The zero-order valence-electron chi connectivity index (χ0n) is 9.73. The molecule has 0 aliphatic carbocycles. The molecule has 0 heterocycles. The van der Waals surface area contributed by atoms with Gasteiger partial charge in [-0.1, -0.05) is 23.7 Å². The summed E-state index contributed by atoms with van der Waals surface area (Å²) in [5, 5.41) is 10.9. The summed E-state index contributed by atoms with van der Waals surface area (Å²) in [6.07, 6.45) is 1.79. The Balaban J connectivity index is 2.28. The zero-order valence-corrected chi connectivity index (χ0v) is 10.5. The molecular weight excluding hydrogens is 240 g/mol. The summed E-state index contributed by atoms with van der Waals surface area (Å²) < 4.78 is 0. The molecule has 0 aliphatic rings. The normalized spacial score (nSPS) is 11.5. The first-order chi connectivity index (χ1) is 8.08. The molecule has 0 fully saturated rings. The molecule has 92 valence electrons. The van der Waals surface area contributed by atoms with Gasteiger partial charge in [0.25, 0.3) is 0 Å². The number of aliphatic imine (C=N–C) groups is 1. The molecule has 0 aliphatic heterocycles. The van der Waals surface area contributed by atoms with Crippen molar-refractivity contribution in [2.24, 2.45) is 4.99 Å². The molecule has 1 aromatic carbocycles. The molecule has 1 aromatic rings. The lowest BCUT2D eigenvalue weighted by Crippen LogP contribution is -2.10. The molecule has 0 unspecified atom stereocenters. The molecule has 0 bridgehead atoms. The number of hydrogen-bond acceptors (Lipinski definition) is 3. The Bertz CT molecular complexity index is 401. The van der Waals surface area contributed by atoms with Crippen molar-refractivity contribution < 1.29 is 4.92 Å². The molecule has 5 heteroatoms. The molecule has 4 nitrogen and oxygen atoms in total. The standard InChI is InChI=1S/C12H15ClN2O2/c1-10(9-15(16)17)14-8-2-3-11-4-6-12(13)7-5-11/h4-7H,2-3,8-9H2,1H3. The van der Waals surface area contributed by atoms with Gasteiger partial charge in [0.05, 0.1) is 5.71 Å². The molecule has 0 spiro atoms. The largest absolute Gasteiger partial charge is 0.288 e. The van der Waals surface area contributed by atoms with Crippen LogP contribution >= 0.6 is 11.6 Å². The fourth-order valence-electron chi connectivity index (χ4n) is 1.44. The van der Waals surface area contributed by atoms with Crippen LogP contribution < -0.4 is 0 Å². The number of benzene rings is 1. The first-order valence-electron chi connectivity index (χ1n) is 5.44. The van der Waals surface area contributed by atoms with E-state index in [-0.39, 0.29) is 11.5 Å². The highest BCUT2D eigenvalue weighted by Crippen LogP contribution is 2.10. The third kappa shape index (κ3) is 6.02. The van der Waals surface area contributed by atoms with Crippen molar-refractivity contribution in [1.82, 2.24) is 0 Å². The second-order valence-corrected chi connectivity index (χ2v) is 4.27. The summed E-state index contributed by atoms with van der Waals surface area (Å²) in [5.74, 6) is 0. The lowest BCUT2D eigenvalue weighted by Gasteiger charge is -2.00. The summed E-state index contributed by atoms with van der Waals surface area (Å²) in [7, 11) is 0. The first-order valence-corrected chi connectivity index (χ1v) is 5.82. The Morgan fingerprint density at radius 2 is 2.06 bits per heavy atom. The van der Waals surface area contributed by atoms with E-state index < -0.39 is 0 Å². The van der Waals surface area contributed by atoms with Crippen LogP contribution in [0.25, 0.3) is 0 Å². The van der Waals surface area contributed by atoms with Crippen LogP contribution in [0, 0.1) is 10.1 Å². The highest BCUT2D eigenvalue weighted by Gasteiger charge is 1.99. The number of nitro groups is 1. The number of rotatable bonds is 6. The fraction of sp³-hybridized carbons (Fsp3) is 0.417. The quantitative estimate of drug-likeness (QED) is 0.339. The molecule has 0 N–H and O–H groups in total. The van der Waals surface area contributed by atoms with Gasteiger partial charge in [0, 0.05) is 16.5 Å². The Labute approximate surface area is 105 Å². The van der Waals surface area contributed by atoms with Crippen LogP contribution in [0.3, 0.4) is 0 Å². The minimum absolute atomic E-state index is 0.166. The van der Waals surface area contributed by atoms with E-state index in [1.807, 2.05) is 24.3 Å². The van der Waals surface area contributed by atoms with Crippen LogP contribution in [0.2, 0.25) is 5.02 Å². The summed E-state index contributed by atoms with van der Waals surface area (Å²) in [5.41, 5.74) is 1.78. The number of nitrogens with zero attached hydrogens (tertiary/aromatic N) is 2. The Kier molecular flexibility index (Phi) is 5.63. The summed E-state index contributed by atoms with van der Waals surface area (Å²) in [6.45, 7) is 2.15. The monoisotopic (exact) mass is 254 g/mol. The Hall–Kier alpha value is -1.42. The fourth-order valence-corrected chi connectivity index (χ4v) is 1.57. The second kappa shape index (κ2) is 7.01. The van der Waals surface area contributed by atoms with Crippen molar-refractivity contribution in [1.29, 1.82) is 0 Å². The number of halogens is 1. The van der Waals surface area contributed by atoms with E-state index in [4.69, 9.17) is 11.6 Å². The maximum absolute atomic E-state index is 10.2. The molecule has 1 rings (SSSR count). The molecule has 0 radical (unpaired) electrons. The van der Waals surface area contributed by atoms with Gasteiger partial charge in [0.2, 0.25) is 6.54 Å². The van der Waals surface area contributed by atoms with Gasteiger partial charge >= 0.3 is 0 Å². The summed E-state index contributed by atoms with van der Waals surface area (Å²) in [4.78, 5) is 14.0. The Morgan fingerprint density at radius 3 is 2.65 bits per heavy atom. The van der Waals surface area contributed by atoms with Crippen LogP contribution in [0.5, 0.6) is 0 Å². The van der Waals surface area contributed by atoms with E-state index in [1.165, 1.54) is 5.56 Å². The van der Waals surface area contributed by atoms with Gasteiger partial charge in [0.15, 0.2) is 0 Å². The van der Waals surface area contributed by atoms with E-state index in [1.54, 1.807) is 6.92 Å². The van der Waals surface area contributed by atoms with E-state index in [0.717, 1.165) is 17.9 Å². The van der Waals surface area contributed by atoms with Crippen LogP contribution in [-0.2, 0) is 6.42 Å². The molecule has 17 heavy (non-hydrogen) atoms. The van der Waals surface area contributed by atoms with Crippen molar-refractivity contribution in [2.75, 3.05) is 13.1 Å². The predicted octanol–water partition coefficient (Wildman–Crippen LogP) is 3.01. The van der Waals surface area contributed by atoms with Gasteiger partial charge in [-0.3, -0.25) is 15.1 Å². The van der Waals surface area contributed by atoms with Gasteiger partial charge in [0.1, 0.15) is 0 Å². The summed E-state index contributed by atoms with van der Waals surface area (Å²) in [6, 6.07) is 7.68.